The maximum absolute atomic E-state index is 14.0. The highest BCUT2D eigenvalue weighted by atomic mass is 32.1. The molecule has 152 valence electrons. The Labute approximate surface area is 177 Å². The molecule has 0 amide bonds. The van der Waals surface area contributed by atoms with Crippen LogP contribution in [-0.4, -0.2) is 17.1 Å². The number of benzene rings is 2. The van der Waals surface area contributed by atoms with E-state index in [1.807, 2.05) is 6.07 Å². The van der Waals surface area contributed by atoms with Crippen LogP contribution in [0.4, 0.5) is 25.8 Å². The van der Waals surface area contributed by atoms with Crippen LogP contribution < -0.4 is 20.7 Å². The van der Waals surface area contributed by atoms with Gasteiger partial charge in [0.1, 0.15) is 35.8 Å². The number of nitrogen functional groups attached to an aromatic ring is 1. The van der Waals surface area contributed by atoms with E-state index in [4.69, 9.17) is 28.0 Å². The topological polar surface area (TPSA) is 87.2 Å². The van der Waals surface area contributed by atoms with Crippen molar-refractivity contribution < 1.29 is 13.5 Å². The molecule has 0 aliphatic rings. The van der Waals surface area contributed by atoms with Crippen LogP contribution in [-0.2, 0) is 6.67 Å². The highest BCUT2D eigenvalue weighted by Crippen LogP contribution is 2.30. The molecular formula is C21H17F2N5OS. The molecule has 0 saturated carbocycles. The smallest absolute Gasteiger partial charge is 0.177 e. The average Bonchev–Trinajstić information content (AvgIpc) is 2.75. The Morgan fingerprint density at radius 3 is 2.70 bits per heavy atom. The summed E-state index contributed by atoms with van der Waals surface area (Å²) in [5.74, 6) is 0.358. The van der Waals surface area contributed by atoms with E-state index in [9.17, 15) is 8.78 Å². The molecule has 0 aliphatic carbocycles. The first kappa shape index (κ1) is 21.0. The van der Waals surface area contributed by atoms with Crippen molar-refractivity contribution in [2.75, 3.05) is 23.0 Å². The lowest BCUT2D eigenvalue weighted by Gasteiger charge is -2.23. The first-order valence-electron chi connectivity index (χ1n) is 8.74. The molecule has 3 aromatic rings. The van der Waals surface area contributed by atoms with Gasteiger partial charge in [-0.25, -0.2) is 13.8 Å². The van der Waals surface area contributed by atoms with Gasteiger partial charge in [-0.05, 0) is 48.1 Å². The summed E-state index contributed by atoms with van der Waals surface area (Å²) in [6.07, 6.45) is 1.47. The first-order valence-corrected chi connectivity index (χ1v) is 9.14. The van der Waals surface area contributed by atoms with Crippen molar-refractivity contribution in [1.82, 2.24) is 4.98 Å². The third-order valence-corrected chi connectivity index (χ3v) is 4.55. The van der Waals surface area contributed by atoms with Crippen LogP contribution in [0, 0.1) is 17.1 Å². The molecule has 0 bridgehead atoms. The molecule has 0 radical (unpaired) electrons. The molecule has 3 rings (SSSR count). The van der Waals surface area contributed by atoms with Gasteiger partial charge in [-0.1, -0.05) is 6.07 Å². The van der Waals surface area contributed by atoms with Crippen molar-refractivity contribution in [2.45, 2.75) is 6.67 Å². The van der Waals surface area contributed by atoms with E-state index in [0.717, 1.165) is 0 Å². The van der Waals surface area contributed by atoms with Crippen LogP contribution in [0.1, 0.15) is 11.3 Å². The summed E-state index contributed by atoms with van der Waals surface area (Å²) in [6, 6.07) is 14.0. The molecule has 0 unspecified atom stereocenters. The number of hydrogen-bond acceptors (Lipinski definition) is 5. The van der Waals surface area contributed by atoms with Crippen molar-refractivity contribution in [3.63, 3.8) is 0 Å². The number of nitrogens with two attached hydrogens (primary N) is 1. The van der Waals surface area contributed by atoms with Crippen molar-refractivity contribution >= 4 is 34.4 Å². The number of pyridine rings is 1. The number of aromatic nitrogens is 1. The molecule has 0 atom stereocenters. The van der Waals surface area contributed by atoms with E-state index in [-0.39, 0.29) is 16.5 Å². The molecule has 9 heteroatoms. The predicted molar refractivity (Wildman–Crippen MR) is 116 cm³/mol. The molecule has 6 nitrogen and oxygen atoms in total. The van der Waals surface area contributed by atoms with Gasteiger partial charge < -0.3 is 20.7 Å². The molecule has 3 N–H and O–H groups in total. The van der Waals surface area contributed by atoms with Gasteiger partial charge in [-0.15, -0.1) is 0 Å². The van der Waals surface area contributed by atoms with Crippen LogP contribution in [0.5, 0.6) is 11.5 Å². The summed E-state index contributed by atoms with van der Waals surface area (Å²) in [5.41, 5.74) is 7.72. The number of hydrogen-bond donors (Lipinski definition) is 2. The SMILES string of the molecule is CN(C(=S)Nc1cc(CF)ccc1F)c1ccc(Oc2ccnc(C#N)c2)cc1N. The van der Waals surface area contributed by atoms with E-state index in [2.05, 4.69) is 10.3 Å². The Kier molecular flexibility index (Phi) is 6.39. The molecule has 0 fully saturated rings. The van der Waals surface area contributed by atoms with Crippen LogP contribution in [0.15, 0.2) is 54.7 Å². The Bertz CT molecular complexity index is 1130. The highest BCUT2D eigenvalue weighted by molar-refractivity contribution is 7.80. The summed E-state index contributed by atoms with van der Waals surface area (Å²) in [7, 11) is 1.67. The zero-order valence-electron chi connectivity index (χ0n) is 15.9. The number of anilines is 3. The van der Waals surface area contributed by atoms with Gasteiger partial charge in [-0.2, -0.15) is 5.26 Å². The van der Waals surface area contributed by atoms with Gasteiger partial charge >= 0.3 is 0 Å². The van der Waals surface area contributed by atoms with Gasteiger partial charge in [0.15, 0.2) is 5.11 Å². The molecule has 0 aliphatic heterocycles. The third-order valence-electron chi connectivity index (χ3n) is 4.17. The molecule has 0 saturated heterocycles. The lowest BCUT2D eigenvalue weighted by atomic mass is 10.2. The number of halogens is 2. The fourth-order valence-corrected chi connectivity index (χ4v) is 2.84. The van der Waals surface area contributed by atoms with Gasteiger partial charge in [0.2, 0.25) is 0 Å². The Balaban J connectivity index is 1.75. The van der Waals surface area contributed by atoms with E-state index < -0.39 is 12.5 Å². The van der Waals surface area contributed by atoms with E-state index in [0.29, 0.717) is 28.4 Å². The summed E-state index contributed by atoms with van der Waals surface area (Å²) < 4.78 is 32.6. The molecule has 1 aromatic heterocycles. The van der Waals surface area contributed by atoms with E-state index >= 15 is 0 Å². The van der Waals surface area contributed by atoms with Gasteiger partial charge in [-0.3, -0.25) is 0 Å². The van der Waals surface area contributed by atoms with Crippen LogP contribution >= 0.6 is 12.2 Å². The minimum atomic E-state index is -0.709. The monoisotopic (exact) mass is 425 g/mol. The summed E-state index contributed by atoms with van der Waals surface area (Å²) in [4.78, 5) is 5.45. The number of nitrogens with one attached hydrogen (secondary N) is 1. The van der Waals surface area contributed by atoms with Crippen molar-refractivity contribution in [3.05, 3.63) is 71.8 Å². The van der Waals surface area contributed by atoms with E-state index in [1.54, 1.807) is 36.2 Å². The highest BCUT2D eigenvalue weighted by Gasteiger charge is 2.14. The molecular weight excluding hydrogens is 408 g/mol. The number of nitrogens with zero attached hydrogens (tertiary/aromatic N) is 3. The van der Waals surface area contributed by atoms with Gasteiger partial charge in [0, 0.05) is 25.4 Å². The molecule has 0 spiro atoms. The Hall–Kier alpha value is -3.77. The van der Waals surface area contributed by atoms with Crippen molar-refractivity contribution in [1.29, 1.82) is 5.26 Å². The average molecular weight is 425 g/mol. The number of ether oxygens (including phenoxy) is 1. The first-order chi connectivity index (χ1) is 14.4. The Morgan fingerprint density at radius 2 is 2.00 bits per heavy atom. The third kappa shape index (κ3) is 4.79. The van der Waals surface area contributed by atoms with Crippen LogP contribution in [0.3, 0.4) is 0 Å². The maximum atomic E-state index is 14.0. The normalized spacial score (nSPS) is 10.2. The lowest BCUT2D eigenvalue weighted by Crippen LogP contribution is -2.31. The molecule has 1 heterocycles. The minimum Gasteiger partial charge on any atom is -0.457 e. The Morgan fingerprint density at radius 1 is 1.23 bits per heavy atom. The largest absolute Gasteiger partial charge is 0.457 e. The van der Waals surface area contributed by atoms with Crippen LogP contribution in [0.2, 0.25) is 0 Å². The molecule has 2 aromatic carbocycles. The number of thiocarbonyl (C=S) groups is 1. The van der Waals surface area contributed by atoms with E-state index in [1.165, 1.54) is 30.5 Å². The fraction of sp³-hybridized carbons (Fsp3) is 0.0952. The summed E-state index contributed by atoms with van der Waals surface area (Å²) in [6.45, 7) is -0.709. The van der Waals surface area contributed by atoms with Crippen molar-refractivity contribution in [2.24, 2.45) is 0 Å². The van der Waals surface area contributed by atoms with Gasteiger partial charge in [0.25, 0.3) is 0 Å². The van der Waals surface area contributed by atoms with Crippen molar-refractivity contribution in [3.8, 4) is 17.6 Å². The zero-order chi connectivity index (χ0) is 21.7. The molecule has 30 heavy (non-hydrogen) atoms. The van der Waals surface area contributed by atoms with Gasteiger partial charge in [0.05, 0.1) is 17.1 Å². The standard InChI is InChI=1S/C21H17F2N5OS/c1-28(21(30)27-19-8-13(11-22)2-4-17(19)23)20-5-3-15(10-18(20)25)29-16-6-7-26-14(9-16)12-24/h2-10H,11,25H2,1H3,(H,27,30). The second kappa shape index (κ2) is 9.15. The fourth-order valence-electron chi connectivity index (χ4n) is 2.63. The summed E-state index contributed by atoms with van der Waals surface area (Å²) >= 11 is 5.33. The summed E-state index contributed by atoms with van der Waals surface area (Å²) in [5, 5.41) is 11.9. The second-order valence-corrected chi connectivity index (χ2v) is 6.63. The number of alkyl halides is 1. The zero-order valence-corrected chi connectivity index (χ0v) is 16.7. The minimum absolute atomic E-state index is 0.0755. The number of nitriles is 1. The quantitative estimate of drug-likeness (QED) is 0.450. The predicted octanol–water partition coefficient (Wildman–Crippen LogP) is 4.77. The lowest BCUT2D eigenvalue weighted by molar-refractivity contribution is 0.482. The number of rotatable bonds is 5. The van der Waals surface area contributed by atoms with Crippen LogP contribution in [0.25, 0.3) is 0 Å². The maximum Gasteiger partial charge on any atom is 0.177 e. The second-order valence-electron chi connectivity index (χ2n) is 6.25.